The zero-order chi connectivity index (χ0) is 102. The number of hydrogen-bond acceptors (Lipinski definition) is 22. The number of primary amides is 1. The first-order chi connectivity index (χ1) is 67.4. The highest BCUT2D eigenvalue weighted by molar-refractivity contribution is 6.00. The third kappa shape index (κ3) is 60.5. The Morgan fingerprint density at radius 2 is 0.460 bits per heavy atom. The predicted octanol–water partition coefficient (Wildman–Crippen LogP) is 7.94. The molecule has 0 saturated carbocycles. The number of fused-ring (bicyclic) bond motifs is 1. The number of rotatable bonds is 93. The quantitative estimate of drug-likeness (QED) is 0.0279. The predicted molar refractivity (Wildman–Crippen MR) is 556 cm³/mol. The number of hydrogen-bond donors (Lipinski definition) is 23. The smallest absolute Gasteiger partial charge is 0.243 e. The average molecular weight is 1960 g/mol. The van der Waals surface area contributed by atoms with E-state index >= 15 is 19.2 Å². The number of nitrogens with two attached hydrogens (primary N) is 10. The van der Waals surface area contributed by atoms with E-state index < -0.39 is 131 Å². The zero-order valence-electron chi connectivity index (χ0n) is 85.6. The van der Waals surface area contributed by atoms with Crippen LogP contribution in [0.15, 0.2) is 30.5 Å². The van der Waals surface area contributed by atoms with Crippen LogP contribution in [0.25, 0.3) is 10.9 Å². The van der Waals surface area contributed by atoms with Crippen LogP contribution in [0.5, 0.6) is 0 Å². The van der Waals surface area contributed by atoms with Crippen LogP contribution in [-0.2, 0) is 68.7 Å². The number of carbonyl (C=O) groups is 13. The summed E-state index contributed by atoms with van der Waals surface area (Å²) in [6.07, 6.45) is 42.1. The lowest BCUT2D eigenvalue weighted by atomic mass is 10.0. The minimum atomic E-state index is -1.34. The minimum absolute atomic E-state index is 0.0167. The average Bonchev–Trinajstić information content (AvgIpc) is 1.68. The summed E-state index contributed by atoms with van der Waals surface area (Å²) in [6.45, 7) is 7.20. The number of unbranched alkanes of at least 4 members (excludes halogenated alkanes) is 34. The third-order valence-electron chi connectivity index (χ3n) is 25.9. The number of aromatic amines is 1. The van der Waals surface area contributed by atoms with E-state index in [4.69, 9.17) is 57.3 Å². The Morgan fingerprint density at radius 1 is 0.245 bits per heavy atom. The second-order valence-electron chi connectivity index (χ2n) is 38.1. The number of para-hydroxylation sites is 1. The maximum Gasteiger partial charge on any atom is 0.243 e. The molecule has 36 heteroatoms. The maximum absolute atomic E-state index is 15.1. The van der Waals surface area contributed by atoms with Crippen molar-refractivity contribution in [3.63, 3.8) is 0 Å². The van der Waals surface area contributed by atoms with Crippen LogP contribution < -0.4 is 121 Å². The second kappa shape index (κ2) is 84.1. The van der Waals surface area contributed by atoms with Crippen LogP contribution in [0.2, 0.25) is 0 Å². The summed E-state index contributed by atoms with van der Waals surface area (Å²) in [5.41, 5.74) is 60.9. The lowest BCUT2D eigenvalue weighted by Crippen LogP contribution is -2.60. The number of benzene rings is 1. The molecule has 0 aliphatic heterocycles. The molecule has 36 nitrogen and oxygen atoms in total. The summed E-state index contributed by atoms with van der Waals surface area (Å²) < 4.78 is 0. The van der Waals surface area contributed by atoms with E-state index in [2.05, 4.69) is 82.6 Å². The molecule has 0 radical (unpaired) electrons. The van der Waals surface area contributed by atoms with Crippen LogP contribution in [0.3, 0.4) is 0 Å². The van der Waals surface area contributed by atoms with Gasteiger partial charge in [0.15, 0.2) is 0 Å². The van der Waals surface area contributed by atoms with E-state index in [0.717, 1.165) is 55.8 Å². The summed E-state index contributed by atoms with van der Waals surface area (Å²) >= 11 is 0. The van der Waals surface area contributed by atoms with Gasteiger partial charge in [-0.3, -0.25) is 62.3 Å². The highest BCUT2D eigenvalue weighted by Crippen LogP contribution is 2.23. The number of nitrogens with one attached hydrogen (secondary N) is 13. The van der Waals surface area contributed by atoms with Crippen molar-refractivity contribution in [3.8, 4) is 0 Å². The Labute approximate surface area is 832 Å². The molecule has 798 valence electrons. The van der Waals surface area contributed by atoms with Crippen molar-refractivity contribution in [3.05, 3.63) is 36.0 Å². The van der Waals surface area contributed by atoms with Gasteiger partial charge in [0.25, 0.3) is 0 Å². The molecule has 1 aromatic carbocycles. The molecule has 1 aromatic heterocycles. The Kier molecular flexibility index (Phi) is 76.5. The van der Waals surface area contributed by atoms with Crippen LogP contribution in [0.4, 0.5) is 0 Å². The Balaban J connectivity index is 2.54. The van der Waals surface area contributed by atoms with Crippen LogP contribution in [0, 0.1) is 0 Å². The number of amides is 13. The Bertz CT molecular complexity index is 3640. The van der Waals surface area contributed by atoms with Crippen molar-refractivity contribution in [2.45, 2.75) is 459 Å². The first-order valence-corrected chi connectivity index (χ1v) is 54.2. The van der Waals surface area contributed by atoms with Crippen LogP contribution >= 0.6 is 0 Å². The molecule has 33 N–H and O–H groups in total. The molecule has 0 bridgehead atoms. The molecule has 0 aliphatic carbocycles. The molecule has 1 heterocycles. The van der Waals surface area contributed by atoms with E-state index in [0.29, 0.717) is 166 Å². The van der Waals surface area contributed by atoms with Gasteiger partial charge in [0, 0.05) is 42.9 Å². The molecule has 0 fully saturated rings. The number of aromatic nitrogens is 1. The number of H-pyrrole nitrogens is 1. The number of carbonyl (C=O) groups excluding carboxylic acids is 13. The second-order valence-corrected chi connectivity index (χ2v) is 38.1. The van der Waals surface area contributed by atoms with Crippen molar-refractivity contribution >= 4 is 87.7 Å². The maximum atomic E-state index is 15.1. The van der Waals surface area contributed by atoms with Crippen LogP contribution in [0.1, 0.15) is 392 Å². The Hall–Kier alpha value is -8.49. The van der Waals surface area contributed by atoms with E-state index in [1.54, 1.807) is 6.20 Å². The van der Waals surface area contributed by atoms with Gasteiger partial charge in [-0.15, -0.1) is 0 Å². The minimum Gasteiger partial charge on any atom is -0.368 e. The fourth-order valence-corrected chi connectivity index (χ4v) is 17.3. The molecule has 2 rings (SSSR count). The summed E-state index contributed by atoms with van der Waals surface area (Å²) in [5.74, 6) is -8.42. The van der Waals surface area contributed by atoms with E-state index in [1.165, 1.54) is 116 Å². The monoisotopic (exact) mass is 1960 g/mol. The fourth-order valence-electron chi connectivity index (χ4n) is 17.3. The SMILES string of the molecule is CCCCCCCCCCCCCCCC(=O)NCCCC[C@H](NC(=O)CCCCCCCCCCCCCCC)C(=O)N[C@@H](CCCCN)C(=O)N[C@@H](CCCCN)C(=O)N[C@@H](CCCCN)C(=O)N[C@@H](CCCCN)C(=O)N[C@@H](CCCCN)C(=O)N[C@@H](CCCCN)C(=O)N[C@@H](CCCCN)C(=O)N[C@@H](CCCCN)C(=O)N[C@@H](Cc1c[nH]c2ccccc12)C(=O)N[C@@H](CCCCN)C(N)=O. The third-order valence-corrected chi connectivity index (χ3v) is 25.9. The molecule has 13 amide bonds. The molecular weight excluding hydrogens is 1770 g/mol. The van der Waals surface area contributed by atoms with Gasteiger partial charge in [0.2, 0.25) is 76.8 Å². The van der Waals surface area contributed by atoms with Gasteiger partial charge in [-0.2, -0.15) is 0 Å². The summed E-state index contributed by atoms with van der Waals surface area (Å²) in [6, 6.07) is -6.44. The largest absolute Gasteiger partial charge is 0.368 e. The fraction of sp³-hybridized carbons (Fsp3) is 0.796. The normalized spacial score (nSPS) is 13.8. The summed E-state index contributed by atoms with van der Waals surface area (Å²) in [7, 11) is 0. The van der Waals surface area contributed by atoms with Gasteiger partial charge in [-0.25, -0.2) is 0 Å². The highest BCUT2D eigenvalue weighted by atomic mass is 16.2. The van der Waals surface area contributed by atoms with Crippen molar-refractivity contribution in [1.29, 1.82) is 0 Å². The molecule has 11 atom stereocenters. The van der Waals surface area contributed by atoms with E-state index in [-0.39, 0.29) is 135 Å². The Morgan fingerprint density at radius 3 is 0.727 bits per heavy atom. The highest BCUT2D eigenvalue weighted by Gasteiger charge is 2.38. The van der Waals surface area contributed by atoms with Gasteiger partial charge >= 0.3 is 0 Å². The zero-order valence-corrected chi connectivity index (χ0v) is 85.6. The molecule has 139 heavy (non-hydrogen) atoms. The lowest BCUT2D eigenvalue weighted by Gasteiger charge is -2.29. The molecule has 0 aliphatic rings. The molecular formula is C103H193N23O13. The van der Waals surface area contributed by atoms with Gasteiger partial charge in [-0.05, 0) is 276 Å². The lowest BCUT2D eigenvalue weighted by molar-refractivity contribution is -0.136. The summed E-state index contributed by atoms with van der Waals surface area (Å²) in [4.78, 5) is 192. The molecule has 0 saturated heterocycles. The van der Waals surface area contributed by atoms with Gasteiger partial charge in [0.05, 0.1) is 0 Å². The van der Waals surface area contributed by atoms with Crippen molar-refractivity contribution < 1.29 is 62.3 Å². The van der Waals surface area contributed by atoms with Gasteiger partial charge < -0.3 is 126 Å². The first-order valence-electron chi connectivity index (χ1n) is 54.2. The van der Waals surface area contributed by atoms with E-state index in [9.17, 15) is 43.2 Å². The summed E-state index contributed by atoms with van der Waals surface area (Å²) in [5, 5.41) is 35.4. The molecule has 2 aromatic rings. The standard InChI is InChI=1S/C103H193N23O13/c1-3-5-7-9-11-13-15-17-19-21-23-25-27-63-91(127)114-74-50-40-62-81(116-92(128)64-28-26-24-22-20-18-16-14-12-10-8-6-4-2)94(130)118-82(54-32-42-66-105)95(131)119-83(55-33-43-67-106)96(132)120-84(56-34-44-68-107)97(133)121-85(57-35-45-69-108)98(134)122-86(58-36-46-70-109)99(135)123-87(59-37-47-71-110)100(136)124-88(60-38-48-72-111)101(137)125-89(61-39-49-73-112)102(138)126-90(75-77-76-115-79-52-30-29-51-78(77)79)103(139)117-80(93(113)129)53-31-41-65-104/h29-30,51-52,76,80-90,115H,3-28,31-50,53-75,104-112H2,1-2H3,(H2,113,129)(H,114,127)(H,116,128)(H,117,139)(H,118,130)(H,119,131)(H,120,132)(H,121,133)(H,122,134)(H,123,135)(H,124,136)(H,125,137)(H,126,138)/t80-,81-,82-,83-,84-,85-,86-,87-,88-,89-,90-/m0/s1. The van der Waals surface area contributed by atoms with E-state index in [1.807, 2.05) is 24.3 Å². The van der Waals surface area contributed by atoms with Crippen molar-refractivity contribution in [1.82, 2.24) is 68.8 Å². The van der Waals surface area contributed by atoms with Crippen molar-refractivity contribution in [2.24, 2.45) is 57.3 Å². The van der Waals surface area contributed by atoms with Crippen molar-refractivity contribution in [2.75, 3.05) is 65.4 Å². The molecule has 0 unspecified atom stereocenters. The van der Waals surface area contributed by atoms with Gasteiger partial charge in [-0.1, -0.05) is 186 Å². The topological polar surface area (TPSA) is 642 Å². The van der Waals surface area contributed by atoms with Crippen LogP contribution in [-0.4, -0.2) is 214 Å². The van der Waals surface area contributed by atoms with Gasteiger partial charge in [0.1, 0.15) is 66.5 Å². The first kappa shape index (κ1) is 127. The molecule has 0 spiro atoms.